The van der Waals surface area contributed by atoms with Crippen molar-refractivity contribution in [2.45, 2.75) is 44.6 Å². The molecule has 0 aromatic heterocycles. The van der Waals surface area contributed by atoms with Crippen LogP contribution >= 0.6 is 0 Å². The van der Waals surface area contributed by atoms with E-state index < -0.39 is 0 Å². The molecule has 1 N–H and O–H groups in total. The van der Waals surface area contributed by atoms with Gasteiger partial charge in [-0.3, -0.25) is 0 Å². The highest BCUT2D eigenvalue weighted by molar-refractivity contribution is 5.70. The number of ether oxygens (including phenoxy) is 2. The maximum atomic E-state index is 11.9. The fourth-order valence-corrected chi connectivity index (χ4v) is 2.87. The molecule has 0 aromatic carbocycles. The first-order valence-electron chi connectivity index (χ1n) is 6.87. The van der Waals surface area contributed by atoms with Gasteiger partial charge in [-0.25, -0.2) is 4.79 Å². The zero-order chi connectivity index (χ0) is 12.1. The van der Waals surface area contributed by atoms with E-state index in [-0.39, 0.29) is 11.6 Å². The van der Waals surface area contributed by atoms with E-state index in [2.05, 4.69) is 6.92 Å². The van der Waals surface area contributed by atoms with Gasteiger partial charge in [0.05, 0.1) is 13.2 Å². The molecule has 98 valence electrons. The monoisotopic (exact) mass is 242 g/mol. The Morgan fingerprint density at radius 3 is 2.53 bits per heavy atom. The molecule has 0 bridgehead atoms. The van der Waals surface area contributed by atoms with Crippen molar-refractivity contribution < 1.29 is 19.2 Å². The van der Waals surface area contributed by atoms with Crippen molar-refractivity contribution >= 4 is 5.97 Å². The molecular formula is C13H24NO3+. The van der Waals surface area contributed by atoms with E-state index in [1.807, 2.05) is 0 Å². The lowest BCUT2D eigenvalue weighted by molar-refractivity contribution is -0.900. The Kier molecular flexibility index (Phi) is 4.40. The highest BCUT2D eigenvalue weighted by Crippen LogP contribution is 2.35. The summed E-state index contributed by atoms with van der Waals surface area (Å²) in [6, 6.07) is 0. The zero-order valence-electron chi connectivity index (χ0n) is 10.8. The number of quaternary nitrogens is 1. The molecular weight excluding hydrogens is 218 g/mol. The second-order valence-electron chi connectivity index (χ2n) is 5.26. The molecule has 1 aliphatic heterocycles. The van der Waals surface area contributed by atoms with Gasteiger partial charge in [0.1, 0.15) is 18.7 Å². The molecule has 1 heterocycles. The molecule has 17 heavy (non-hydrogen) atoms. The Balaban J connectivity index is 1.79. The summed E-state index contributed by atoms with van der Waals surface area (Å²) < 4.78 is 11.0. The molecule has 4 nitrogen and oxygen atoms in total. The van der Waals surface area contributed by atoms with Gasteiger partial charge in [-0.2, -0.15) is 0 Å². The lowest BCUT2D eigenvalue weighted by Crippen LogP contribution is -3.15. The molecule has 2 fully saturated rings. The van der Waals surface area contributed by atoms with Crippen LogP contribution in [0.15, 0.2) is 0 Å². The Morgan fingerprint density at radius 1 is 1.29 bits per heavy atom. The fourth-order valence-electron chi connectivity index (χ4n) is 2.87. The number of nitrogens with one attached hydrogen (secondary N) is 1. The van der Waals surface area contributed by atoms with E-state index in [1.54, 1.807) is 0 Å². The van der Waals surface area contributed by atoms with Crippen molar-refractivity contribution in [1.82, 2.24) is 0 Å². The summed E-state index contributed by atoms with van der Waals surface area (Å²) in [4.78, 5) is 13.2. The normalized spacial score (nSPS) is 24.8. The molecule has 0 radical (unpaired) electrons. The van der Waals surface area contributed by atoms with Crippen LogP contribution in [-0.4, -0.2) is 44.4 Å². The highest BCUT2D eigenvalue weighted by Gasteiger charge is 2.36. The Labute approximate surface area is 103 Å². The standard InChI is InChI=1S/C13H23NO3/c1-2-13(5-3-4-6-13)17-12(15)11-14-7-9-16-10-8-14/h2-11H2,1H3/p+1. The molecule has 0 aromatic rings. The summed E-state index contributed by atoms with van der Waals surface area (Å²) in [7, 11) is 0. The topological polar surface area (TPSA) is 40.0 Å². The van der Waals surface area contributed by atoms with Crippen molar-refractivity contribution in [3.8, 4) is 0 Å². The van der Waals surface area contributed by atoms with Crippen molar-refractivity contribution in [3.63, 3.8) is 0 Å². The molecule has 0 spiro atoms. The van der Waals surface area contributed by atoms with Gasteiger partial charge in [-0.15, -0.1) is 0 Å². The summed E-state index contributed by atoms with van der Waals surface area (Å²) in [5, 5.41) is 0. The lowest BCUT2D eigenvalue weighted by atomic mass is 9.99. The second-order valence-corrected chi connectivity index (χ2v) is 5.26. The molecule has 1 aliphatic carbocycles. The molecule has 0 amide bonds. The first kappa shape index (κ1) is 12.8. The van der Waals surface area contributed by atoms with Crippen molar-refractivity contribution in [3.05, 3.63) is 0 Å². The summed E-state index contributed by atoms with van der Waals surface area (Å²) >= 11 is 0. The van der Waals surface area contributed by atoms with Crippen molar-refractivity contribution in [2.24, 2.45) is 0 Å². The van der Waals surface area contributed by atoms with Crippen LogP contribution in [0.4, 0.5) is 0 Å². The SMILES string of the molecule is CCC1(OC(=O)C[NH+]2CCOCC2)CCCC1. The van der Waals surface area contributed by atoms with Gasteiger partial charge in [0.25, 0.3) is 0 Å². The average Bonchev–Trinajstić information content (AvgIpc) is 2.79. The van der Waals surface area contributed by atoms with Crippen LogP contribution in [0.5, 0.6) is 0 Å². The summed E-state index contributed by atoms with van der Waals surface area (Å²) in [5.41, 5.74) is -0.136. The van der Waals surface area contributed by atoms with Gasteiger partial charge in [-0.1, -0.05) is 6.92 Å². The van der Waals surface area contributed by atoms with Crippen LogP contribution in [0.3, 0.4) is 0 Å². The fraction of sp³-hybridized carbons (Fsp3) is 0.923. The van der Waals surface area contributed by atoms with E-state index in [9.17, 15) is 4.79 Å². The molecule has 2 aliphatic rings. The molecule has 2 rings (SSSR count). The number of morpholine rings is 1. The van der Waals surface area contributed by atoms with E-state index in [1.165, 1.54) is 17.7 Å². The summed E-state index contributed by atoms with van der Waals surface area (Å²) in [6.07, 6.45) is 5.45. The van der Waals surface area contributed by atoms with Crippen LogP contribution < -0.4 is 4.90 Å². The number of carbonyl (C=O) groups is 1. The van der Waals surface area contributed by atoms with Crippen LogP contribution in [0.25, 0.3) is 0 Å². The summed E-state index contributed by atoms with van der Waals surface area (Å²) in [6.45, 7) is 6.01. The van der Waals surface area contributed by atoms with Crippen molar-refractivity contribution in [2.75, 3.05) is 32.8 Å². The Bertz CT molecular complexity index is 255. The molecule has 1 saturated carbocycles. The van der Waals surface area contributed by atoms with Gasteiger partial charge >= 0.3 is 5.97 Å². The largest absolute Gasteiger partial charge is 0.455 e. The molecule has 0 atom stereocenters. The molecule has 1 saturated heterocycles. The first-order valence-corrected chi connectivity index (χ1v) is 6.87. The summed E-state index contributed by atoms with van der Waals surface area (Å²) in [5.74, 6) is -0.0225. The first-order chi connectivity index (χ1) is 8.24. The smallest absolute Gasteiger partial charge is 0.362 e. The third kappa shape index (κ3) is 3.42. The predicted molar refractivity (Wildman–Crippen MR) is 64.0 cm³/mol. The number of rotatable bonds is 4. The zero-order valence-corrected chi connectivity index (χ0v) is 10.8. The van der Waals surface area contributed by atoms with E-state index in [0.29, 0.717) is 6.54 Å². The maximum Gasteiger partial charge on any atom is 0.362 e. The number of hydrogen-bond acceptors (Lipinski definition) is 3. The van der Waals surface area contributed by atoms with Gasteiger partial charge in [0, 0.05) is 0 Å². The highest BCUT2D eigenvalue weighted by atomic mass is 16.6. The number of carbonyl (C=O) groups excluding carboxylic acids is 1. The van der Waals surface area contributed by atoms with Crippen LogP contribution in [-0.2, 0) is 14.3 Å². The minimum atomic E-state index is -0.136. The van der Waals surface area contributed by atoms with Crippen LogP contribution in [0.2, 0.25) is 0 Å². The Morgan fingerprint density at radius 2 is 1.94 bits per heavy atom. The minimum absolute atomic E-state index is 0.0225. The van der Waals surface area contributed by atoms with Gasteiger partial charge in [0.15, 0.2) is 6.54 Å². The maximum absolute atomic E-state index is 11.9. The van der Waals surface area contributed by atoms with E-state index >= 15 is 0 Å². The minimum Gasteiger partial charge on any atom is -0.455 e. The third-order valence-corrected chi connectivity index (χ3v) is 4.08. The second kappa shape index (κ2) is 5.83. The van der Waals surface area contributed by atoms with Gasteiger partial charge in [0.2, 0.25) is 0 Å². The van der Waals surface area contributed by atoms with Gasteiger partial charge < -0.3 is 14.4 Å². The number of esters is 1. The van der Waals surface area contributed by atoms with Crippen LogP contribution in [0, 0.1) is 0 Å². The quantitative estimate of drug-likeness (QED) is 0.714. The van der Waals surface area contributed by atoms with Crippen molar-refractivity contribution in [1.29, 1.82) is 0 Å². The average molecular weight is 242 g/mol. The molecule has 0 unspecified atom stereocenters. The van der Waals surface area contributed by atoms with E-state index in [0.717, 1.165) is 45.6 Å². The van der Waals surface area contributed by atoms with E-state index in [4.69, 9.17) is 9.47 Å². The molecule has 4 heteroatoms. The predicted octanol–water partition coefficient (Wildman–Crippen LogP) is 0.168. The third-order valence-electron chi connectivity index (χ3n) is 4.08. The number of hydrogen-bond donors (Lipinski definition) is 1. The van der Waals surface area contributed by atoms with Gasteiger partial charge in [-0.05, 0) is 32.1 Å². The lowest BCUT2D eigenvalue weighted by Gasteiger charge is -2.29. The Hall–Kier alpha value is -0.610. The van der Waals surface area contributed by atoms with Crippen LogP contribution in [0.1, 0.15) is 39.0 Å².